The molecule has 1 aliphatic heterocycles. The van der Waals surface area contributed by atoms with Gasteiger partial charge in [0.2, 0.25) is 5.91 Å². The fraction of sp³-hybridized carbons (Fsp3) is 0.583. The monoisotopic (exact) mass is 267 g/mol. The molecular formula is C12H17N3O4. The zero-order valence-electron chi connectivity index (χ0n) is 10.6. The number of H-pyrrole nitrogens is 1. The molecule has 0 aromatic carbocycles. The van der Waals surface area contributed by atoms with Gasteiger partial charge in [0.1, 0.15) is 11.9 Å². The maximum Gasteiger partial charge on any atom is 0.332 e. The van der Waals surface area contributed by atoms with Gasteiger partial charge in [0.15, 0.2) is 6.10 Å². The van der Waals surface area contributed by atoms with Crippen molar-refractivity contribution in [1.29, 1.82) is 0 Å². The first-order chi connectivity index (χ1) is 9.11. The summed E-state index contributed by atoms with van der Waals surface area (Å²) in [5, 5.41) is 11.6. The van der Waals surface area contributed by atoms with Gasteiger partial charge in [-0.05, 0) is 19.3 Å². The van der Waals surface area contributed by atoms with Crippen LogP contribution in [0.25, 0.3) is 0 Å². The standard InChI is InChI=1S/C12H17N3O4/c1-2-7(10-13-5-6-14-10)15-11(16)8-3-4-9(19-8)12(17)18/h5-9H,2-4H2,1H3,(H,13,14)(H,15,16)(H,17,18)/t7?,8-,9+/m0/s1. The summed E-state index contributed by atoms with van der Waals surface area (Å²) in [6, 6.07) is -0.213. The first-order valence-electron chi connectivity index (χ1n) is 6.29. The van der Waals surface area contributed by atoms with Gasteiger partial charge in [-0.15, -0.1) is 0 Å². The highest BCUT2D eigenvalue weighted by Crippen LogP contribution is 2.21. The van der Waals surface area contributed by atoms with Gasteiger partial charge in [-0.25, -0.2) is 9.78 Å². The lowest BCUT2D eigenvalue weighted by Crippen LogP contribution is -2.38. The second-order valence-corrected chi connectivity index (χ2v) is 4.47. The second-order valence-electron chi connectivity index (χ2n) is 4.47. The second kappa shape index (κ2) is 5.83. The van der Waals surface area contributed by atoms with Crippen LogP contribution < -0.4 is 5.32 Å². The van der Waals surface area contributed by atoms with Gasteiger partial charge in [0.05, 0.1) is 6.04 Å². The highest BCUT2D eigenvalue weighted by Gasteiger charge is 2.35. The summed E-state index contributed by atoms with van der Waals surface area (Å²) in [6.45, 7) is 1.93. The van der Waals surface area contributed by atoms with E-state index >= 15 is 0 Å². The molecule has 0 saturated carbocycles. The van der Waals surface area contributed by atoms with Gasteiger partial charge in [0, 0.05) is 12.4 Å². The van der Waals surface area contributed by atoms with Crippen LogP contribution in [0, 0.1) is 0 Å². The minimum absolute atomic E-state index is 0.213. The molecule has 7 nitrogen and oxygen atoms in total. The van der Waals surface area contributed by atoms with Gasteiger partial charge in [-0.2, -0.15) is 0 Å². The van der Waals surface area contributed by atoms with Crippen molar-refractivity contribution in [3.8, 4) is 0 Å². The molecule has 104 valence electrons. The van der Waals surface area contributed by atoms with E-state index in [-0.39, 0.29) is 11.9 Å². The topological polar surface area (TPSA) is 104 Å². The number of carboxylic acid groups (broad SMARTS) is 1. The molecule has 1 aromatic rings. The summed E-state index contributed by atoms with van der Waals surface area (Å²) in [7, 11) is 0. The summed E-state index contributed by atoms with van der Waals surface area (Å²) in [6.07, 6.45) is 3.23. The molecule has 2 heterocycles. The number of hydrogen-bond donors (Lipinski definition) is 3. The van der Waals surface area contributed by atoms with Crippen LogP contribution in [0.3, 0.4) is 0 Å². The third kappa shape index (κ3) is 3.11. The third-order valence-electron chi connectivity index (χ3n) is 3.16. The zero-order chi connectivity index (χ0) is 13.8. The number of nitrogens with zero attached hydrogens (tertiary/aromatic N) is 1. The minimum Gasteiger partial charge on any atom is -0.479 e. The van der Waals surface area contributed by atoms with Gasteiger partial charge in [0.25, 0.3) is 0 Å². The summed E-state index contributed by atoms with van der Waals surface area (Å²) in [5.74, 6) is -0.621. The molecule has 1 aromatic heterocycles. The Morgan fingerprint density at radius 1 is 1.58 bits per heavy atom. The van der Waals surface area contributed by atoms with E-state index in [1.165, 1.54) is 0 Å². The molecule has 1 fully saturated rings. The van der Waals surface area contributed by atoms with Crippen molar-refractivity contribution in [2.45, 2.75) is 44.4 Å². The predicted molar refractivity (Wildman–Crippen MR) is 65.3 cm³/mol. The van der Waals surface area contributed by atoms with Crippen molar-refractivity contribution in [3.05, 3.63) is 18.2 Å². The molecule has 1 saturated heterocycles. The number of hydrogen-bond acceptors (Lipinski definition) is 4. The van der Waals surface area contributed by atoms with Crippen LogP contribution in [0.2, 0.25) is 0 Å². The maximum absolute atomic E-state index is 12.0. The fourth-order valence-electron chi connectivity index (χ4n) is 2.11. The molecule has 1 amide bonds. The molecule has 0 spiro atoms. The van der Waals surface area contributed by atoms with Crippen LogP contribution in [-0.4, -0.2) is 39.2 Å². The molecule has 0 aliphatic carbocycles. The minimum atomic E-state index is -1.02. The van der Waals surface area contributed by atoms with Crippen molar-refractivity contribution < 1.29 is 19.4 Å². The Kier molecular flexibility index (Phi) is 4.16. The smallest absolute Gasteiger partial charge is 0.332 e. The van der Waals surface area contributed by atoms with Crippen LogP contribution in [0.5, 0.6) is 0 Å². The fourth-order valence-corrected chi connectivity index (χ4v) is 2.11. The lowest BCUT2D eigenvalue weighted by atomic mass is 10.1. The highest BCUT2D eigenvalue weighted by molar-refractivity contribution is 5.82. The van der Waals surface area contributed by atoms with E-state index in [0.717, 1.165) is 0 Å². The van der Waals surface area contributed by atoms with Gasteiger partial charge in [-0.3, -0.25) is 4.79 Å². The van der Waals surface area contributed by atoms with Crippen LogP contribution in [0.15, 0.2) is 12.4 Å². The molecule has 19 heavy (non-hydrogen) atoms. The molecule has 2 rings (SSSR count). The number of ether oxygens (including phenoxy) is 1. The Bertz CT molecular complexity index is 446. The molecule has 0 radical (unpaired) electrons. The maximum atomic E-state index is 12.0. The van der Waals surface area contributed by atoms with E-state index in [1.54, 1.807) is 12.4 Å². The van der Waals surface area contributed by atoms with Gasteiger partial charge in [-0.1, -0.05) is 6.92 Å². The Hall–Kier alpha value is -1.89. The molecule has 7 heteroatoms. The molecular weight excluding hydrogens is 250 g/mol. The van der Waals surface area contributed by atoms with E-state index < -0.39 is 18.2 Å². The number of imidazole rings is 1. The van der Waals surface area contributed by atoms with Crippen molar-refractivity contribution in [3.63, 3.8) is 0 Å². The average molecular weight is 267 g/mol. The average Bonchev–Trinajstić information content (AvgIpc) is 3.05. The lowest BCUT2D eigenvalue weighted by Gasteiger charge is -2.17. The number of aromatic amines is 1. The Morgan fingerprint density at radius 2 is 2.32 bits per heavy atom. The van der Waals surface area contributed by atoms with Crippen LogP contribution >= 0.6 is 0 Å². The molecule has 1 aliphatic rings. The highest BCUT2D eigenvalue weighted by atomic mass is 16.5. The lowest BCUT2D eigenvalue weighted by molar-refractivity contribution is -0.151. The van der Waals surface area contributed by atoms with E-state index in [2.05, 4.69) is 15.3 Å². The number of carbonyl (C=O) groups excluding carboxylic acids is 1. The first-order valence-corrected chi connectivity index (χ1v) is 6.29. The predicted octanol–water partition coefficient (Wildman–Crippen LogP) is 0.609. The molecule has 1 unspecified atom stereocenters. The van der Waals surface area contributed by atoms with Crippen molar-refractivity contribution in [1.82, 2.24) is 15.3 Å². The van der Waals surface area contributed by atoms with Crippen molar-refractivity contribution in [2.75, 3.05) is 0 Å². The van der Waals surface area contributed by atoms with E-state index in [9.17, 15) is 9.59 Å². The number of aliphatic carboxylic acids is 1. The van der Waals surface area contributed by atoms with Crippen molar-refractivity contribution in [2.24, 2.45) is 0 Å². The van der Waals surface area contributed by atoms with Gasteiger partial charge < -0.3 is 20.1 Å². The largest absolute Gasteiger partial charge is 0.479 e. The first kappa shape index (κ1) is 13.5. The summed E-state index contributed by atoms with van der Waals surface area (Å²) >= 11 is 0. The molecule has 3 N–H and O–H groups in total. The number of amides is 1. The molecule has 3 atom stereocenters. The summed E-state index contributed by atoms with van der Waals surface area (Å²) in [4.78, 5) is 29.8. The number of nitrogens with one attached hydrogen (secondary N) is 2. The SMILES string of the molecule is CCC(NC(=O)[C@@H]1CC[C@H](C(=O)O)O1)c1ncc[nH]1. The summed E-state index contributed by atoms with van der Waals surface area (Å²) < 4.78 is 5.21. The van der Waals surface area contributed by atoms with Crippen LogP contribution in [0.4, 0.5) is 0 Å². The quantitative estimate of drug-likeness (QED) is 0.725. The number of rotatable bonds is 5. The van der Waals surface area contributed by atoms with Gasteiger partial charge >= 0.3 is 5.97 Å². The summed E-state index contributed by atoms with van der Waals surface area (Å²) in [5.41, 5.74) is 0. The zero-order valence-corrected chi connectivity index (χ0v) is 10.6. The third-order valence-corrected chi connectivity index (χ3v) is 3.16. The van der Waals surface area contributed by atoms with E-state index in [1.807, 2.05) is 6.92 Å². The number of aromatic nitrogens is 2. The van der Waals surface area contributed by atoms with E-state index in [0.29, 0.717) is 25.1 Å². The van der Waals surface area contributed by atoms with E-state index in [4.69, 9.17) is 9.84 Å². The Balaban J connectivity index is 1.92. The Labute approximate surface area is 110 Å². The molecule has 0 bridgehead atoms. The number of carboxylic acids is 1. The van der Waals surface area contributed by atoms with Crippen LogP contribution in [-0.2, 0) is 14.3 Å². The van der Waals surface area contributed by atoms with Crippen molar-refractivity contribution >= 4 is 11.9 Å². The normalized spacial score (nSPS) is 24.1. The number of carbonyl (C=O) groups is 2. The van der Waals surface area contributed by atoms with Crippen LogP contribution in [0.1, 0.15) is 38.1 Å². The Morgan fingerprint density at radius 3 is 2.84 bits per heavy atom.